The highest BCUT2D eigenvalue weighted by Gasteiger charge is 2.25. The average Bonchev–Trinajstić information content (AvgIpc) is 2.62. The van der Waals surface area contributed by atoms with E-state index < -0.39 is 0 Å². The number of nitrogens with one attached hydrogen (secondary N) is 1. The number of hydrogen-bond donors (Lipinski definition) is 1. The molecule has 1 amide bonds. The third kappa shape index (κ3) is 4.83. The number of carbonyl (C=O) groups is 1. The Hall–Kier alpha value is -1.84. The second kappa shape index (κ2) is 8.32. The lowest BCUT2D eigenvalue weighted by atomic mass is 9.96. The van der Waals surface area contributed by atoms with Crippen molar-refractivity contribution in [2.75, 3.05) is 13.1 Å². The molecule has 0 bridgehead atoms. The number of rotatable bonds is 5. The molecule has 0 spiro atoms. The summed E-state index contributed by atoms with van der Waals surface area (Å²) in [7, 11) is 0. The van der Waals surface area contributed by atoms with E-state index >= 15 is 0 Å². The van der Waals surface area contributed by atoms with Crippen LogP contribution >= 0.6 is 11.6 Å². The minimum absolute atomic E-state index is 0.0785. The number of benzene rings is 2. The highest BCUT2D eigenvalue weighted by atomic mass is 35.5. The first kappa shape index (κ1) is 17.0. The second-order valence-corrected chi connectivity index (χ2v) is 6.84. The van der Waals surface area contributed by atoms with Crippen LogP contribution in [0, 0.1) is 5.92 Å². The molecular weight excluding hydrogens is 320 g/mol. The van der Waals surface area contributed by atoms with Gasteiger partial charge in [-0.25, -0.2) is 0 Å². The molecule has 1 aliphatic heterocycles. The maximum Gasteiger partial charge on any atom is 0.224 e. The zero-order chi connectivity index (χ0) is 16.8. The van der Waals surface area contributed by atoms with Gasteiger partial charge in [0.2, 0.25) is 5.91 Å². The molecule has 3 nitrogen and oxygen atoms in total. The van der Waals surface area contributed by atoms with Gasteiger partial charge in [-0.1, -0.05) is 54.1 Å². The van der Waals surface area contributed by atoms with Crippen molar-refractivity contribution in [3.05, 3.63) is 70.7 Å². The summed E-state index contributed by atoms with van der Waals surface area (Å²) in [6, 6.07) is 18.1. The fourth-order valence-corrected chi connectivity index (χ4v) is 3.32. The van der Waals surface area contributed by atoms with Crippen molar-refractivity contribution in [1.29, 1.82) is 0 Å². The molecule has 2 aromatic carbocycles. The van der Waals surface area contributed by atoms with Crippen LogP contribution in [-0.2, 0) is 17.9 Å². The van der Waals surface area contributed by atoms with Crippen LogP contribution in [-0.4, -0.2) is 23.9 Å². The van der Waals surface area contributed by atoms with Crippen LogP contribution in [0.1, 0.15) is 24.0 Å². The molecule has 24 heavy (non-hydrogen) atoms. The van der Waals surface area contributed by atoms with Crippen molar-refractivity contribution in [2.45, 2.75) is 25.9 Å². The molecular formula is C20H23ClN2O. The Bertz CT molecular complexity index is 657. The van der Waals surface area contributed by atoms with Crippen LogP contribution < -0.4 is 5.32 Å². The number of likely N-dealkylation sites (tertiary alicyclic amines) is 1. The summed E-state index contributed by atoms with van der Waals surface area (Å²) in [5.41, 5.74) is 2.38. The summed E-state index contributed by atoms with van der Waals surface area (Å²) in [5.74, 6) is 0.234. The van der Waals surface area contributed by atoms with Gasteiger partial charge in [-0.3, -0.25) is 9.69 Å². The van der Waals surface area contributed by atoms with Crippen LogP contribution in [0.4, 0.5) is 0 Å². The normalized spacial score (nSPS) is 18.3. The van der Waals surface area contributed by atoms with Crippen LogP contribution in [0.15, 0.2) is 54.6 Å². The molecule has 1 saturated heterocycles. The lowest BCUT2D eigenvalue weighted by Gasteiger charge is -2.32. The molecule has 2 aromatic rings. The summed E-state index contributed by atoms with van der Waals surface area (Å²) in [6.07, 6.45) is 2.05. The molecule has 1 heterocycles. The van der Waals surface area contributed by atoms with Crippen molar-refractivity contribution in [3.8, 4) is 0 Å². The van der Waals surface area contributed by atoms with Gasteiger partial charge in [0.25, 0.3) is 0 Å². The number of nitrogens with zero attached hydrogens (tertiary/aromatic N) is 1. The summed E-state index contributed by atoms with van der Waals surface area (Å²) in [5, 5.41) is 3.78. The predicted molar refractivity (Wildman–Crippen MR) is 97.7 cm³/mol. The molecule has 0 saturated carbocycles. The molecule has 3 rings (SSSR count). The van der Waals surface area contributed by atoms with Crippen molar-refractivity contribution in [2.24, 2.45) is 5.92 Å². The van der Waals surface area contributed by atoms with E-state index in [0.717, 1.165) is 38.0 Å². The number of piperidine rings is 1. The zero-order valence-electron chi connectivity index (χ0n) is 13.7. The number of hydrogen-bond acceptors (Lipinski definition) is 2. The maximum absolute atomic E-state index is 12.5. The van der Waals surface area contributed by atoms with Gasteiger partial charge < -0.3 is 5.32 Å². The Morgan fingerprint density at radius 3 is 2.58 bits per heavy atom. The van der Waals surface area contributed by atoms with Gasteiger partial charge in [0.15, 0.2) is 0 Å². The van der Waals surface area contributed by atoms with Gasteiger partial charge in [0, 0.05) is 24.7 Å². The molecule has 1 unspecified atom stereocenters. The van der Waals surface area contributed by atoms with Crippen LogP contribution in [0.2, 0.25) is 5.02 Å². The molecule has 0 aromatic heterocycles. The number of amides is 1. The summed E-state index contributed by atoms with van der Waals surface area (Å²) in [6.45, 7) is 3.38. The van der Waals surface area contributed by atoms with Gasteiger partial charge in [-0.2, -0.15) is 0 Å². The summed E-state index contributed by atoms with van der Waals surface area (Å²) < 4.78 is 0. The van der Waals surface area contributed by atoms with E-state index in [1.54, 1.807) is 0 Å². The van der Waals surface area contributed by atoms with Gasteiger partial charge in [0.1, 0.15) is 0 Å². The van der Waals surface area contributed by atoms with Gasteiger partial charge >= 0.3 is 0 Å². The summed E-state index contributed by atoms with van der Waals surface area (Å²) in [4.78, 5) is 14.9. The molecule has 1 fully saturated rings. The SMILES string of the molecule is O=C(NCc1ccc(Cl)cc1)C1CCCN(Cc2ccccc2)C1. The molecule has 4 heteroatoms. The predicted octanol–water partition coefficient (Wildman–Crippen LogP) is 3.87. The second-order valence-electron chi connectivity index (χ2n) is 6.40. The molecule has 126 valence electrons. The fraction of sp³-hybridized carbons (Fsp3) is 0.350. The molecule has 0 radical (unpaired) electrons. The average molecular weight is 343 g/mol. The molecule has 0 aliphatic carbocycles. The Balaban J connectivity index is 1.50. The highest BCUT2D eigenvalue weighted by Crippen LogP contribution is 2.19. The quantitative estimate of drug-likeness (QED) is 0.894. The van der Waals surface area contributed by atoms with E-state index in [9.17, 15) is 4.79 Å². The lowest BCUT2D eigenvalue weighted by Crippen LogP contribution is -2.42. The highest BCUT2D eigenvalue weighted by molar-refractivity contribution is 6.30. The van der Waals surface area contributed by atoms with E-state index in [2.05, 4.69) is 34.5 Å². The van der Waals surface area contributed by atoms with E-state index in [-0.39, 0.29) is 11.8 Å². The van der Waals surface area contributed by atoms with E-state index in [1.807, 2.05) is 30.3 Å². The third-order valence-corrected chi connectivity index (χ3v) is 4.76. The van der Waals surface area contributed by atoms with Gasteiger partial charge in [0.05, 0.1) is 5.92 Å². The first-order valence-electron chi connectivity index (χ1n) is 8.49. The Labute approximate surface area is 148 Å². The van der Waals surface area contributed by atoms with E-state index in [4.69, 9.17) is 11.6 Å². The molecule has 1 N–H and O–H groups in total. The Kier molecular flexibility index (Phi) is 5.89. The first-order valence-corrected chi connectivity index (χ1v) is 8.87. The molecule has 1 aliphatic rings. The summed E-state index contributed by atoms with van der Waals surface area (Å²) >= 11 is 5.89. The largest absolute Gasteiger partial charge is 0.352 e. The van der Waals surface area contributed by atoms with Gasteiger partial charge in [-0.15, -0.1) is 0 Å². The van der Waals surface area contributed by atoms with Gasteiger partial charge in [-0.05, 0) is 42.6 Å². The topological polar surface area (TPSA) is 32.3 Å². The monoisotopic (exact) mass is 342 g/mol. The van der Waals surface area contributed by atoms with Crippen molar-refractivity contribution in [1.82, 2.24) is 10.2 Å². The van der Waals surface area contributed by atoms with Crippen LogP contribution in [0.3, 0.4) is 0 Å². The minimum Gasteiger partial charge on any atom is -0.352 e. The van der Waals surface area contributed by atoms with Crippen LogP contribution in [0.5, 0.6) is 0 Å². The van der Waals surface area contributed by atoms with Crippen molar-refractivity contribution >= 4 is 17.5 Å². The number of carbonyl (C=O) groups excluding carboxylic acids is 1. The molecule has 1 atom stereocenters. The lowest BCUT2D eigenvalue weighted by molar-refractivity contribution is -0.126. The van der Waals surface area contributed by atoms with Crippen LogP contribution in [0.25, 0.3) is 0 Å². The maximum atomic E-state index is 12.5. The van der Waals surface area contributed by atoms with Crippen molar-refractivity contribution in [3.63, 3.8) is 0 Å². The standard InChI is InChI=1S/C20H23ClN2O/c21-19-10-8-16(9-11-19)13-22-20(24)18-7-4-12-23(15-18)14-17-5-2-1-3-6-17/h1-3,5-6,8-11,18H,4,7,12-15H2,(H,22,24). The number of halogens is 1. The fourth-order valence-electron chi connectivity index (χ4n) is 3.19. The Morgan fingerprint density at radius 1 is 1.08 bits per heavy atom. The third-order valence-electron chi connectivity index (χ3n) is 4.51. The van der Waals surface area contributed by atoms with E-state index in [0.29, 0.717) is 11.6 Å². The zero-order valence-corrected chi connectivity index (χ0v) is 14.5. The van der Waals surface area contributed by atoms with E-state index in [1.165, 1.54) is 5.56 Å². The first-order chi connectivity index (χ1) is 11.7. The minimum atomic E-state index is 0.0785. The van der Waals surface area contributed by atoms with Crippen molar-refractivity contribution < 1.29 is 4.79 Å². The smallest absolute Gasteiger partial charge is 0.224 e. The Morgan fingerprint density at radius 2 is 1.83 bits per heavy atom.